The molecule has 5 nitrogen and oxygen atoms in total. The molecule has 0 saturated carbocycles. The van der Waals surface area contributed by atoms with Gasteiger partial charge in [-0.05, 0) is 63.6 Å². The van der Waals surface area contributed by atoms with Crippen molar-refractivity contribution in [3.8, 4) is 0 Å². The van der Waals surface area contributed by atoms with E-state index in [-0.39, 0.29) is 5.02 Å². The summed E-state index contributed by atoms with van der Waals surface area (Å²) in [6.45, 7) is 9.74. The van der Waals surface area contributed by atoms with E-state index in [0.717, 1.165) is 12.2 Å². The van der Waals surface area contributed by atoms with E-state index in [1.807, 2.05) is 12.1 Å². The van der Waals surface area contributed by atoms with E-state index >= 15 is 0 Å². The number of halogens is 2. The number of nitrogens with one attached hydrogen (secondary N) is 2. The summed E-state index contributed by atoms with van der Waals surface area (Å²) in [5.41, 5.74) is 2.83. The summed E-state index contributed by atoms with van der Waals surface area (Å²) < 4.78 is 13.3. The molecule has 30 heavy (non-hydrogen) atoms. The van der Waals surface area contributed by atoms with Crippen LogP contribution in [0.15, 0.2) is 54.9 Å². The normalized spacial score (nSPS) is 11.4. The molecule has 0 saturated heterocycles. The molecule has 0 amide bonds. The van der Waals surface area contributed by atoms with E-state index in [4.69, 9.17) is 11.6 Å². The molecule has 2 N–H and O–H groups in total. The topological polar surface area (TPSA) is 53.1 Å². The van der Waals surface area contributed by atoms with Crippen LogP contribution in [0.2, 0.25) is 5.02 Å². The van der Waals surface area contributed by atoms with Gasteiger partial charge in [0.05, 0.1) is 5.02 Å². The molecule has 0 fully saturated rings. The summed E-state index contributed by atoms with van der Waals surface area (Å²) in [5, 5.41) is 6.50. The number of aromatic nitrogens is 2. The SMILES string of the molecule is CC(C)N(Cc1cccc(Nc2cc(Nc3ccc(F)c(Cl)c3)ncn2)c1)C(C)C. The van der Waals surface area contributed by atoms with Crippen molar-refractivity contribution >= 4 is 34.6 Å². The van der Waals surface area contributed by atoms with Crippen LogP contribution in [0.4, 0.5) is 27.4 Å². The molecule has 3 aromatic rings. The molecule has 0 aliphatic heterocycles. The van der Waals surface area contributed by atoms with Crippen LogP contribution in [0.25, 0.3) is 0 Å². The number of hydrogen-bond donors (Lipinski definition) is 2. The molecule has 1 aromatic heterocycles. The van der Waals surface area contributed by atoms with Crippen molar-refractivity contribution in [2.24, 2.45) is 0 Å². The van der Waals surface area contributed by atoms with Crippen molar-refractivity contribution in [3.05, 3.63) is 71.3 Å². The van der Waals surface area contributed by atoms with Crippen LogP contribution in [0.3, 0.4) is 0 Å². The highest BCUT2D eigenvalue weighted by molar-refractivity contribution is 6.31. The third-order valence-corrected chi connectivity index (χ3v) is 5.04. The van der Waals surface area contributed by atoms with Crippen molar-refractivity contribution < 1.29 is 4.39 Å². The van der Waals surface area contributed by atoms with Gasteiger partial charge in [0.2, 0.25) is 0 Å². The number of benzene rings is 2. The quantitative estimate of drug-likeness (QED) is 0.437. The first-order chi connectivity index (χ1) is 14.3. The van der Waals surface area contributed by atoms with Gasteiger partial charge in [0.1, 0.15) is 23.8 Å². The minimum atomic E-state index is -0.458. The minimum Gasteiger partial charge on any atom is -0.340 e. The third-order valence-electron chi connectivity index (χ3n) is 4.75. The second kappa shape index (κ2) is 9.87. The molecule has 0 aliphatic carbocycles. The van der Waals surface area contributed by atoms with Gasteiger partial charge in [-0.1, -0.05) is 23.7 Å². The van der Waals surface area contributed by atoms with Crippen LogP contribution < -0.4 is 10.6 Å². The van der Waals surface area contributed by atoms with E-state index in [2.05, 4.69) is 65.3 Å². The fourth-order valence-electron chi connectivity index (χ4n) is 3.28. The summed E-state index contributed by atoms with van der Waals surface area (Å²) in [4.78, 5) is 11.0. The van der Waals surface area contributed by atoms with E-state index in [1.165, 1.54) is 24.0 Å². The van der Waals surface area contributed by atoms with Crippen molar-refractivity contribution in [2.45, 2.75) is 46.3 Å². The average Bonchev–Trinajstić information content (AvgIpc) is 2.69. The Bertz CT molecular complexity index is 985. The predicted octanol–water partition coefficient (Wildman–Crippen LogP) is 6.38. The molecule has 0 spiro atoms. The van der Waals surface area contributed by atoms with Crippen molar-refractivity contribution in [1.29, 1.82) is 0 Å². The molecule has 3 rings (SSSR count). The first-order valence-corrected chi connectivity index (χ1v) is 10.4. The van der Waals surface area contributed by atoms with Crippen molar-refractivity contribution in [2.75, 3.05) is 10.6 Å². The Labute approximate surface area is 182 Å². The van der Waals surface area contributed by atoms with Gasteiger partial charge in [-0.2, -0.15) is 0 Å². The van der Waals surface area contributed by atoms with E-state index in [0.29, 0.717) is 29.4 Å². The molecule has 0 aliphatic rings. The van der Waals surface area contributed by atoms with E-state index in [1.54, 1.807) is 12.1 Å². The van der Waals surface area contributed by atoms with Gasteiger partial charge in [0.25, 0.3) is 0 Å². The molecular weight excluding hydrogens is 401 g/mol. The lowest BCUT2D eigenvalue weighted by molar-refractivity contribution is 0.166. The summed E-state index contributed by atoms with van der Waals surface area (Å²) in [7, 11) is 0. The number of anilines is 4. The monoisotopic (exact) mass is 427 g/mol. The highest BCUT2D eigenvalue weighted by Gasteiger charge is 2.14. The Morgan fingerprint density at radius 1 is 0.900 bits per heavy atom. The van der Waals surface area contributed by atoms with Crippen LogP contribution in [0.1, 0.15) is 33.3 Å². The zero-order valence-electron chi connectivity index (χ0n) is 17.7. The van der Waals surface area contributed by atoms with Crippen LogP contribution >= 0.6 is 11.6 Å². The van der Waals surface area contributed by atoms with Gasteiger partial charge in [0.15, 0.2) is 0 Å². The highest BCUT2D eigenvalue weighted by atomic mass is 35.5. The van der Waals surface area contributed by atoms with Gasteiger partial charge < -0.3 is 10.6 Å². The first kappa shape index (κ1) is 22.0. The molecule has 0 unspecified atom stereocenters. The molecule has 1 heterocycles. The zero-order chi connectivity index (χ0) is 21.7. The number of nitrogens with zero attached hydrogens (tertiary/aromatic N) is 3. The van der Waals surface area contributed by atoms with Crippen LogP contribution in [0, 0.1) is 5.82 Å². The van der Waals surface area contributed by atoms with Gasteiger partial charge >= 0.3 is 0 Å². The Balaban J connectivity index is 1.72. The fraction of sp³-hybridized carbons (Fsp3) is 0.304. The average molecular weight is 428 g/mol. The van der Waals surface area contributed by atoms with E-state index < -0.39 is 5.82 Å². The molecule has 0 bridgehead atoms. The zero-order valence-corrected chi connectivity index (χ0v) is 18.4. The van der Waals surface area contributed by atoms with Crippen LogP contribution in [-0.2, 0) is 6.54 Å². The molecule has 158 valence electrons. The minimum absolute atomic E-state index is 0.0565. The predicted molar refractivity (Wildman–Crippen MR) is 122 cm³/mol. The second-order valence-corrected chi connectivity index (χ2v) is 8.13. The first-order valence-electron chi connectivity index (χ1n) is 9.97. The maximum absolute atomic E-state index is 13.3. The summed E-state index contributed by atoms with van der Waals surface area (Å²) in [6, 6.07) is 15.5. The highest BCUT2D eigenvalue weighted by Crippen LogP contribution is 2.24. The van der Waals surface area contributed by atoms with Crippen molar-refractivity contribution in [1.82, 2.24) is 14.9 Å². The van der Waals surface area contributed by atoms with E-state index in [9.17, 15) is 4.39 Å². The third kappa shape index (κ3) is 5.90. The largest absolute Gasteiger partial charge is 0.340 e. The molecular formula is C23H27ClFN5. The maximum Gasteiger partial charge on any atom is 0.141 e. The number of rotatable bonds is 8. The Morgan fingerprint density at radius 2 is 1.53 bits per heavy atom. The molecule has 0 atom stereocenters. The smallest absolute Gasteiger partial charge is 0.141 e. The maximum atomic E-state index is 13.3. The summed E-state index contributed by atoms with van der Waals surface area (Å²) in [5.74, 6) is 0.778. The summed E-state index contributed by atoms with van der Waals surface area (Å²) >= 11 is 5.84. The molecule has 7 heteroatoms. The second-order valence-electron chi connectivity index (χ2n) is 7.73. The van der Waals surface area contributed by atoms with Gasteiger partial charge in [-0.3, -0.25) is 4.90 Å². The lowest BCUT2D eigenvalue weighted by atomic mass is 10.1. The van der Waals surface area contributed by atoms with Crippen LogP contribution in [0.5, 0.6) is 0 Å². The van der Waals surface area contributed by atoms with Gasteiger partial charge in [-0.15, -0.1) is 0 Å². The Kier molecular flexibility index (Phi) is 7.24. The van der Waals surface area contributed by atoms with Gasteiger partial charge in [0, 0.05) is 36.1 Å². The van der Waals surface area contributed by atoms with Gasteiger partial charge in [-0.25, -0.2) is 14.4 Å². The standard InChI is InChI=1S/C23H27ClFN5/c1-15(2)30(16(3)4)13-17-6-5-7-18(10-17)28-22-12-23(27-14-26-22)29-19-8-9-21(25)20(24)11-19/h5-12,14-16H,13H2,1-4H3,(H2,26,27,28,29). The lowest BCUT2D eigenvalue weighted by Gasteiger charge is -2.30. The Morgan fingerprint density at radius 3 is 2.13 bits per heavy atom. The van der Waals surface area contributed by atoms with Crippen molar-refractivity contribution in [3.63, 3.8) is 0 Å². The molecule has 0 radical (unpaired) electrons. The lowest BCUT2D eigenvalue weighted by Crippen LogP contribution is -2.36. The summed E-state index contributed by atoms with van der Waals surface area (Å²) in [6.07, 6.45) is 1.47. The fourth-order valence-corrected chi connectivity index (χ4v) is 3.46. The Hall–Kier alpha value is -2.70. The number of hydrogen-bond acceptors (Lipinski definition) is 5. The molecule has 2 aromatic carbocycles. The van der Waals surface area contributed by atoms with Crippen LogP contribution in [-0.4, -0.2) is 27.0 Å².